The molecule has 6 nitrogen and oxygen atoms in total. The Morgan fingerprint density at radius 2 is 1.93 bits per heavy atom. The Balaban J connectivity index is 2.13. The Morgan fingerprint density at radius 3 is 2.55 bits per heavy atom. The molecule has 0 bridgehead atoms. The van der Waals surface area contributed by atoms with Crippen molar-refractivity contribution in [2.24, 2.45) is 0 Å². The highest BCUT2D eigenvalue weighted by Gasteiger charge is 2.21. The molecule has 7 heteroatoms. The highest BCUT2D eigenvalue weighted by molar-refractivity contribution is 7.80. The first kappa shape index (κ1) is 20.7. The van der Waals surface area contributed by atoms with Gasteiger partial charge in [0.25, 0.3) is 0 Å². The quantitative estimate of drug-likeness (QED) is 0.544. The van der Waals surface area contributed by atoms with Crippen LogP contribution in [0.4, 0.5) is 5.69 Å². The zero-order valence-corrected chi connectivity index (χ0v) is 18.0. The third-order valence-electron chi connectivity index (χ3n) is 5.07. The molecular weight excluding hydrogens is 384 g/mol. The van der Waals surface area contributed by atoms with Gasteiger partial charge in [-0.2, -0.15) is 0 Å². The van der Waals surface area contributed by atoms with E-state index in [1.807, 2.05) is 32.0 Å². The van der Waals surface area contributed by atoms with E-state index >= 15 is 0 Å². The van der Waals surface area contributed by atoms with E-state index in [0.717, 1.165) is 34.7 Å². The number of hydrogen-bond donors (Lipinski definition) is 3. The maximum Gasteiger partial charge on any atom is 0.177 e. The van der Waals surface area contributed by atoms with E-state index in [9.17, 15) is 10.2 Å². The van der Waals surface area contributed by atoms with Crippen LogP contribution in [0, 0.1) is 6.92 Å². The molecule has 0 unspecified atom stereocenters. The first-order chi connectivity index (χ1) is 13.8. The lowest BCUT2D eigenvalue weighted by atomic mass is 10.0. The van der Waals surface area contributed by atoms with Gasteiger partial charge >= 0.3 is 0 Å². The van der Waals surface area contributed by atoms with Crippen LogP contribution in [0.25, 0.3) is 16.7 Å². The predicted octanol–water partition coefficient (Wildman–Crippen LogP) is 4.32. The number of thiocarbonyl (C=S) groups is 1. The van der Waals surface area contributed by atoms with Crippen molar-refractivity contribution in [2.45, 2.75) is 33.7 Å². The first-order valence-electron chi connectivity index (χ1n) is 9.55. The number of phenolic OH excluding ortho intramolecular Hbond substituents is 2. The molecule has 0 aliphatic rings. The largest absolute Gasteiger partial charge is 0.508 e. The maximum atomic E-state index is 10.4. The van der Waals surface area contributed by atoms with Crippen LogP contribution in [0.5, 0.6) is 11.5 Å². The summed E-state index contributed by atoms with van der Waals surface area (Å²) in [5.74, 6) is 0.956. The van der Waals surface area contributed by atoms with Crippen LogP contribution in [0.1, 0.15) is 30.8 Å². The average Bonchev–Trinajstić information content (AvgIpc) is 3.02. The fourth-order valence-electron chi connectivity index (χ4n) is 3.54. The van der Waals surface area contributed by atoms with E-state index in [2.05, 4.69) is 28.4 Å². The van der Waals surface area contributed by atoms with Crippen LogP contribution in [-0.2, 0) is 13.0 Å². The number of nitrogens with zero attached hydrogens (tertiary/aromatic N) is 3. The minimum Gasteiger partial charge on any atom is -0.508 e. The molecule has 0 fully saturated rings. The summed E-state index contributed by atoms with van der Waals surface area (Å²) in [7, 11) is 1.74. The average molecular weight is 411 g/mol. The fraction of sp³-hybridized carbons (Fsp3) is 0.273. The molecule has 0 spiro atoms. The second-order valence-electron chi connectivity index (χ2n) is 6.77. The molecule has 29 heavy (non-hydrogen) atoms. The Hall–Kier alpha value is -3.06. The highest BCUT2D eigenvalue weighted by Crippen LogP contribution is 2.36. The predicted molar refractivity (Wildman–Crippen MR) is 122 cm³/mol. The van der Waals surface area contributed by atoms with Gasteiger partial charge in [-0.3, -0.25) is 4.90 Å². The van der Waals surface area contributed by atoms with Gasteiger partial charge in [0.1, 0.15) is 17.3 Å². The number of aryl methyl sites for hydroxylation is 3. The molecular formula is C22H26N4O2S. The number of hydrogen-bond acceptors (Lipinski definition) is 4. The van der Waals surface area contributed by atoms with Crippen molar-refractivity contribution in [1.82, 2.24) is 14.9 Å². The minimum atomic E-state index is -0.0548. The molecule has 152 valence electrons. The van der Waals surface area contributed by atoms with Crippen LogP contribution in [-0.4, -0.2) is 31.9 Å². The van der Waals surface area contributed by atoms with Crippen LogP contribution in [0.2, 0.25) is 0 Å². The summed E-state index contributed by atoms with van der Waals surface area (Å²) in [6.07, 6.45) is 0.628. The van der Waals surface area contributed by atoms with Crippen molar-refractivity contribution < 1.29 is 10.2 Å². The van der Waals surface area contributed by atoms with Gasteiger partial charge in [0.15, 0.2) is 5.11 Å². The molecule has 3 N–H and O–H groups in total. The number of fused-ring (bicyclic) bond motifs is 1. The Morgan fingerprint density at radius 1 is 1.21 bits per heavy atom. The monoisotopic (exact) mass is 410 g/mol. The molecule has 0 aliphatic heterocycles. The molecule has 3 aromatic rings. The van der Waals surface area contributed by atoms with Gasteiger partial charge in [0, 0.05) is 25.2 Å². The number of rotatable bonds is 5. The molecule has 0 atom stereocenters. The summed E-state index contributed by atoms with van der Waals surface area (Å²) in [5, 5.41) is 23.9. The smallest absolute Gasteiger partial charge is 0.177 e. The van der Waals surface area contributed by atoms with Gasteiger partial charge in [-0.25, -0.2) is 4.98 Å². The lowest BCUT2D eigenvalue weighted by Gasteiger charge is -2.28. The van der Waals surface area contributed by atoms with E-state index in [4.69, 9.17) is 12.2 Å². The molecule has 0 saturated carbocycles. The summed E-state index contributed by atoms with van der Waals surface area (Å²) in [6, 6.07) is 9.02. The van der Waals surface area contributed by atoms with E-state index in [1.165, 1.54) is 6.07 Å². The Kier molecular flexibility index (Phi) is 5.79. The van der Waals surface area contributed by atoms with Gasteiger partial charge in [0.2, 0.25) is 0 Å². The standard InChI is InChI=1S/C22H26N4O2S/c1-6-15-10-17(21(28)12-20(15)27)13(3)26(22(29)23-5)16-8-9-19-18(11-16)24-14(4)25(19)7-2/h8-12,27-28H,3,6-7H2,1-2,4-5H3,(H,23,29). The summed E-state index contributed by atoms with van der Waals surface area (Å²) >= 11 is 5.54. The molecule has 3 rings (SSSR count). The molecule has 0 saturated heterocycles. The van der Waals surface area contributed by atoms with Crippen LogP contribution < -0.4 is 10.2 Å². The van der Waals surface area contributed by atoms with Gasteiger partial charge < -0.3 is 20.1 Å². The van der Waals surface area contributed by atoms with Crippen LogP contribution in [0.15, 0.2) is 36.9 Å². The summed E-state index contributed by atoms with van der Waals surface area (Å²) in [4.78, 5) is 6.43. The maximum absolute atomic E-state index is 10.4. The third-order valence-corrected chi connectivity index (χ3v) is 5.46. The first-order valence-corrected chi connectivity index (χ1v) is 9.96. The third kappa shape index (κ3) is 3.65. The van der Waals surface area contributed by atoms with Crippen LogP contribution in [0.3, 0.4) is 0 Å². The van der Waals surface area contributed by atoms with Crippen molar-refractivity contribution in [3.8, 4) is 11.5 Å². The normalized spacial score (nSPS) is 10.9. The number of nitrogens with one attached hydrogen (secondary N) is 1. The molecule has 0 aliphatic carbocycles. The van der Waals surface area contributed by atoms with E-state index in [0.29, 0.717) is 22.8 Å². The number of aromatic nitrogens is 2. The van der Waals surface area contributed by atoms with Crippen molar-refractivity contribution >= 4 is 39.7 Å². The molecule has 2 aromatic carbocycles. The molecule has 1 heterocycles. The van der Waals surface area contributed by atoms with Crippen LogP contribution >= 0.6 is 12.2 Å². The van der Waals surface area contributed by atoms with Gasteiger partial charge in [-0.05, 0) is 62.3 Å². The van der Waals surface area contributed by atoms with Crippen molar-refractivity contribution in [1.29, 1.82) is 0 Å². The second kappa shape index (κ2) is 8.13. The number of anilines is 1. The lowest BCUT2D eigenvalue weighted by Crippen LogP contribution is -2.36. The van der Waals surface area contributed by atoms with E-state index in [1.54, 1.807) is 18.0 Å². The Labute approximate surface area is 176 Å². The van der Waals surface area contributed by atoms with Gasteiger partial charge in [-0.1, -0.05) is 13.5 Å². The SMILES string of the molecule is C=C(c1cc(CC)c(O)cc1O)N(C(=S)NC)c1ccc2c(c1)nc(C)n2CC. The zero-order chi connectivity index (χ0) is 21.3. The molecule has 1 aromatic heterocycles. The minimum absolute atomic E-state index is 0.0548. The summed E-state index contributed by atoms with van der Waals surface area (Å²) in [5.41, 5.74) is 4.43. The summed E-state index contributed by atoms with van der Waals surface area (Å²) in [6.45, 7) is 11.0. The highest BCUT2D eigenvalue weighted by atomic mass is 32.1. The second-order valence-corrected chi connectivity index (χ2v) is 7.15. The molecule has 0 radical (unpaired) electrons. The zero-order valence-electron chi connectivity index (χ0n) is 17.2. The van der Waals surface area contributed by atoms with Gasteiger partial charge in [-0.15, -0.1) is 0 Å². The fourth-order valence-corrected chi connectivity index (χ4v) is 3.76. The number of benzene rings is 2. The van der Waals surface area contributed by atoms with Crippen molar-refractivity contribution in [2.75, 3.05) is 11.9 Å². The van der Waals surface area contributed by atoms with E-state index in [-0.39, 0.29) is 11.5 Å². The lowest BCUT2D eigenvalue weighted by molar-refractivity contribution is 0.445. The number of aromatic hydroxyl groups is 2. The Bertz CT molecular complexity index is 1100. The molecule has 0 amide bonds. The number of phenols is 2. The van der Waals surface area contributed by atoms with Crippen molar-refractivity contribution in [3.05, 3.63) is 53.9 Å². The number of imidazole rings is 1. The summed E-state index contributed by atoms with van der Waals surface area (Å²) < 4.78 is 2.15. The van der Waals surface area contributed by atoms with E-state index < -0.39 is 0 Å². The van der Waals surface area contributed by atoms with Gasteiger partial charge in [0.05, 0.1) is 22.4 Å². The van der Waals surface area contributed by atoms with Crippen molar-refractivity contribution in [3.63, 3.8) is 0 Å². The topological polar surface area (TPSA) is 73.6 Å².